The quantitative estimate of drug-likeness (QED) is 0.725. The van der Waals surface area contributed by atoms with Gasteiger partial charge in [-0.1, -0.05) is 12.8 Å². The number of aromatic nitrogens is 2. The van der Waals surface area contributed by atoms with E-state index in [1.807, 2.05) is 6.92 Å². The maximum atomic E-state index is 5.44. The van der Waals surface area contributed by atoms with Crippen LogP contribution in [0.25, 0.3) is 0 Å². The molecule has 0 aromatic carbocycles. The Balaban J connectivity index is 2.20. The van der Waals surface area contributed by atoms with E-state index in [-0.39, 0.29) is 0 Å². The fourth-order valence-electron chi connectivity index (χ4n) is 1.92. The van der Waals surface area contributed by atoms with Crippen molar-refractivity contribution in [2.24, 2.45) is 5.92 Å². The zero-order valence-corrected chi connectivity index (χ0v) is 10.6. The molecule has 0 aliphatic heterocycles. The SMILES string of the molecule is C#CCN(CC1CC1)c1cc(CC)nc(C)n1. The average molecular weight is 229 g/mol. The molecular weight excluding hydrogens is 210 g/mol. The number of nitrogens with zero attached hydrogens (tertiary/aromatic N) is 3. The molecule has 3 nitrogen and oxygen atoms in total. The van der Waals surface area contributed by atoms with E-state index in [2.05, 4.69) is 33.8 Å². The van der Waals surface area contributed by atoms with E-state index in [1.165, 1.54) is 12.8 Å². The third-order valence-corrected chi connectivity index (χ3v) is 3.02. The summed E-state index contributed by atoms with van der Waals surface area (Å²) in [5, 5.41) is 0. The lowest BCUT2D eigenvalue weighted by atomic mass is 10.3. The summed E-state index contributed by atoms with van der Waals surface area (Å²) in [4.78, 5) is 11.1. The summed E-state index contributed by atoms with van der Waals surface area (Å²) in [6.07, 6.45) is 9.02. The Hall–Kier alpha value is -1.56. The van der Waals surface area contributed by atoms with Gasteiger partial charge in [0, 0.05) is 18.3 Å². The molecular formula is C14H19N3. The van der Waals surface area contributed by atoms with Crippen LogP contribution in [0, 0.1) is 25.2 Å². The van der Waals surface area contributed by atoms with Crippen LogP contribution in [0.3, 0.4) is 0 Å². The summed E-state index contributed by atoms with van der Waals surface area (Å²) in [6, 6.07) is 2.06. The summed E-state index contributed by atoms with van der Waals surface area (Å²) in [7, 11) is 0. The van der Waals surface area contributed by atoms with Gasteiger partial charge in [-0.2, -0.15) is 0 Å². The normalized spacial score (nSPS) is 14.4. The van der Waals surface area contributed by atoms with Gasteiger partial charge in [0.05, 0.1) is 6.54 Å². The van der Waals surface area contributed by atoms with E-state index < -0.39 is 0 Å². The maximum absolute atomic E-state index is 5.44. The van der Waals surface area contributed by atoms with Crippen molar-refractivity contribution in [3.8, 4) is 12.3 Å². The lowest BCUT2D eigenvalue weighted by Crippen LogP contribution is -2.27. The molecule has 3 heteroatoms. The van der Waals surface area contributed by atoms with E-state index in [0.717, 1.165) is 36.2 Å². The molecule has 0 radical (unpaired) electrons. The molecule has 1 aromatic heterocycles. The molecule has 1 aromatic rings. The van der Waals surface area contributed by atoms with Gasteiger partial charge in [0.15, 0.2) is 0 Å². The molecule has 0 spiro atoms. The Morgan fingerprint density at radius 3 is 2.82 bits per heavy atom. The minimum atomic E-state index is 0.635. The average Bonchev–Trinajstić information content (AvgIpc) is 3.11. The third kappa shape index (κ3) is 3.20. The van der Waals surface area contributed by atoms with Gasteiger partial charge in [-0.25, -0.2) is 9.97 Å². The van der Waals surface area contributed by atoms with E-state index in [9.17, 15) is 0 Å². The number of hydrogen-bond donors (Lipinski definition) is 0. The predicted octanol–water partition coefficient (Wildman–Crippen LogP) is 2.20. The van der Waals surface area contributed by atoms with E-state index in [0.29, 0.717) is 6.54 Å². The van der Waals surface area contributed by atoms with Crippen LogP contribution >= 0.6 is 0 Å². The van der Waals surface area contributed by atoms with Crippen LogP contribution in [0.4, 0.5) is 5.82 Å². The fourth-order valence-corrected chi connectivity index (χ4v) is 1.92. The molecule has 90 valence electrons. The van der Waals surface area contributed by atoms with Gasteiger partial charge in [-0.05, 0) is 32.1 Å². The first-order chi connectivity index (χ1) is 8.22. The number of terminal acetylenes is 1. The monoisotopic (exact) mass is 229 g/mol. The molecule has 1 saturated carbocycles. The minimum Gasteiger partial charge on any atom is -0.345 e. The Bertz CT molecular complexity index is 430. The summed E-state index contributed by atoms with van der Waals surface area (Å²) >= 11 is 0. The van der Waals surface area contributed by atoms with E-state index >= 15 is 0 Å². The molecule has 1 aliphatic carbocycles. The standard InChI is InChI=1S/C14H19N3/c1-4-8-17(10-12-6-7-12)14-9-13(5-2)15-11(3)16-14/h1,9,12H,5-8,10H2,2-3H3. The second-order valence-electron chi connectivity index (χ2n) is 4.65. The van der Waals surface area contributed by atoms with Crippen molar-refractivity contribution < 1.29 is 0 Å². The zero-order chi connectivity index (χ0) is 12.3. The lowest BCUT2D eigenvalue weighted by Gasteiger charge is -2.21. The molecule has 17 heavy (non-hydrogen) atoms. The van der Waals surface area contributed by atoms with Crippen molar-refractivity contribution in [1.82, 2.24) is 9.97 Å². The molecule has 1 aliphatic rings. The Morgan fingerprint density at radius 1 is 1.47 bits per heavy atom. The van der Waals surface area contributed by atoms with Gasteiger partial charge in [-0.15, -0.1) is 6.42 Å². The van der Waals surface area contributed by atoms with Crippen molar-refractivity contribution in [3.63, 3.8) is 0 Å². The van der Waals surface area contributed by atoms with Crippen LogP contribution in [-0.2, 0) is 6.42 Å². The van der Waals surface area contributed by atoms with Crippen LogP contribution in [0.2, 0.25) is 0 Å². The lowest BCUT2D eigenvalue weighted by molar-refractivity contribution is 0.747. The van der Waals surface area contributed by atoms with Crippen molar-refractivity contribution >= 4 is 5.82 Å². The number of aryl methyl sites for hydroxylation is 2. The molecule has 2 rings (SSSR count). The first-order valence-electron chi connectivity index (χ1n) is 6.26. The molecule has 1 fully saturated rings. The second-order valence-corrected chi connectivity index (χ2v) is 4.65. The molecule has 0 atom stereocenters. The summed E-state index contributed by atoms with van der Waals surface area (Å²) in [6.45, 7) is 5.71. The third-order valence-electron chi connectivity index (χ3n) is 3.02. The first kappa shape index (κ1) is 11.9. The van der Waals surface area contributed by atoms with Gasteiger partial charge in [0.25, 0.3) is 0 Å². The van der Waals surface area contributed by atoms with Crippen LogP contribution < -0.4 is 4.90 Å². The highest BCUT2D eigenvalue weighted by atomic mass is 15.2. The number of rotatable bonds is 5. The fraction of sp³-hybridized carbons (Fsp3) is 0.571. The van der Waals surface area contributed by atoms with Crippen LogP contribution in [0.5, 0.6) is 0 Å². The van der Waals surface area contributed by atoms with Crippen LogP contribution in [0.1, 0.15) is 31.3 Å². The predicted molar refractivity (Wildman–Crippen MR) is 69.9 cm³/mol. The topological polar surface area (TPSA) is 29.0 Å². The molecule has 1 heterocycles. The Kier molecular flexibility index (Phi) is 3.63. The van der Waals surface area contributed by atoms with E-state index in [4.69, 9.17) is 6.42 Å². The highest BCUT2D eigenvalue weighted by Crippen LogP contribution is 2.31. The Morgan fingerprint density at radius 2 is 2.24 bits per heavy atom. The van der Waals surface area contributed by atoms with E-state index in [1.54, 1.807) is 0 Å². The van der Waals surface area contributed by atoms with Crippen LogP contribution in [-0.4, -0.2) is 23.1 Å². The Labute approximate surface area is 103 Å². The number of anilines is 1. The largest absolute Gasteiger partial charge is 0.345 e. The zero-order valence-electron chi connectivity index (χ0n) is 10.6. The van der Waals surface area contributed by atoms with Crippen molar-refractivity contribution in [1.29, 1.82) is 0 Å². The second kappa shape index (κ2) is 5.18. The summed E-state index contributed by atoms with van der Waals surface area (Å²) in [5.74, 6) is 5.35. The molecule has 0 saturated heterocycles. The van der Waals surface area contributed by atoms with Gasteiger partial charge in [-0.3, -0.25) is 0 Å². The molecule has 0 unspecified atom stereocenters. The van der Waals surface area contributed by atoms with Gasteiger partial charge in [0.1, 0.15) is 11.6 Å². The summed E-state index contributed by atoms with van der Waals surface area (Å²) in [5.41, 5.74) is 1.09. The highest BCUT2D eigenvalue weighted by Gasteiger charge is 2.24. The minimum absolute atomic E-state index is 0.635. The maximum Gasteiger partial charge on any atom is 0.133 e. The van der Waals surface area contributed by atoms with Gasteiger partial charge in [0.2, 0.25) is 0 Å². The smallest absolute Gasteiger partial charge is 0.133 e. The van der Waals surface area contributed by atoms with Crippen molar-refractivity contribution in [2.45, 2.75) is 33.1 Å². The van der Waals surface area contributed by atoms with Gasteiger partial charge < -0.3 is 4.90 Å². The van der Waals surface area contributed by atoms with Crippen molar-refractivity contribution in [2.75, 3.05) is 18.0 Å². The number of hydrogen-bond acceptors (Lipinski definition) is 3. The van der Waals surface area contributed by atoms with Crippen LogP contribution in [0.15, 0.2) is 6.07 Å². The van der Waals surface area contributed by atoms with Gasteiger partial charge >= 0.3 is 0 Å². The highest BCUT2D eigenvalue weighted by molar-refractivity contribution is 5.41. The molecule has 0 bridgehead atoms. The summed E-state index contributed by atoms with van der Waals surface area (Å²) < 4.78 is 0. The molecule has 0 amide bonds. The first-order valence-corrected chi connectivity index (χ1v) is 6.26. The molecule has 0 N–H and O–H groups in total. The van der Waals surface area contributed by atoms with Crippen molar-refractivity contribution in [3.05, 3.63) is 17.6 Å².